The van der Waals surface area contributed by atoms with E-state index in [1.807, 2.05) is 43.3 Å². The van der Waals surface area contributed by atoms with E-state index in [2.05, 4.69) is 6.07 Å². The maximum atomic E-state index is 13.0. The van der Waals surface area contributed by atoms with Gasteiger partial charge in [0.1, 0.15) is 11.5 Å². The highest BCUT2D eigenvalue weighted by Gasteiger charge is 2.41. The van der Waals surface area contributed by atoms with E-state index in [9.17, 15) is 10.1 Å². The minimum atomic E-state index is -0.742. The molecule has 128 valence electrons. The smallest absolute Gasteiger partial charge is 0.260 e. The molecule has 3 rings (SSSR count). The lowest BCUT2D eigenvalue weighted by molar-refractivity contribution is 0.0994. The van der Waals surface area contributed by atoms with Crippen molar-refractivity contribution >= 4 is 17.3 Å². The second-order valence-electron chi connectivity index (χ2n) is 5.91. The lowest BCUT2D eigenvalue weighted by atomic mass is 10.0. The predicted octanol–water partition coefficient (Wildman–Crippen LogP) is 2.99. The van der Waals surface area contributed by atoms with E-state index in [4.69, 9.17) is 9.47 Å². The third-order valence-electron chi connectivity index (χ3n) is 4.32. The first-order valence-electron chi connectivity index (χ1n) is 7.78. The largest absolute Gasteiger partial charge is 0.497 e. The van der Waals surface area contributed by atoms with Crippen molar-refractivity contribution in [2.24, 2.45) is 0 Å². The second-order valence-corrected chi connectivity index (χ2v) is 5.91. The van der Waals surface area contributed by atoms with Gasteiger partial charge in [-0.3, -0.25) is 9.69 Å². The summed E-state index contributed by atoms with van der Waals surface area (Å²) < 4.78 is 10.6. The monoisotopic (exact) mass is 337 g/mol. The third-order valence-corrected chi connectivity index (χ3v) is 4.32. The molecular formula is C19H19N3O3. The number of rotatable bonds is 4. The van der Waals surface area contributed by atoms with E-state index in [1.54, 1.807) is 12.1 Å². The van der Waals surface area contributed by atoms with Crippen LogP contribution >= 0.6 is 0 Å². The maximum absolute atomic E-state index is 13.0. The van der Waals surface area contributed by atoms with Crippen molar-refractivity contribution in [1.29, 1.82) is 5.26 Å². The fraction of sp³-hybridized carbons (Fsp3) is 0.263. The van der Waals surface area contributed by atoms with E-state index in [-0.39, 0.29) is 5.91 Å². The van der Waals surface area contributed by atoms with Crippen molar-refractivity contribution in [2.45, 2.75) is 6.04 Å². The first kappa shape index (κ1) is 16.7. The molecule has 1 unspecified atom stereocenters. The molecule has 0 aromatic heterocycles. The van der Waals surface area contributed by atoms with Crippen LogP contribution in [-0.2, 0) is 0 Å². The number of amides is 1. The van der Waals surface area contributed by atoms with Gasteiger partial charge in [-0.2, -0.15) is 5.26 Å². The fourth-order valence-corrected chi connectivity index (χ4v) is 3.02. The van der Waals surface area contributed by atoms with Gasteiger partial charge in [0.25, 0.3) is 5.91 Å². The number of hydrogen-bond donors (Lipinski definition) is 0. The zero-order valence-electron chi connectivity index (χ0n) is 14.6. The van der Waals surface area contributed by atoms with Gasteiger partial charge in [-0.1, -0.05) is 0 Å². The van der Waals surface area contributed by atoms with Crippen LogP contribution in [0.5, 0.6) is 11.5 Å². The number of benzene rings is 2. The number of hydrogen-bond acceptors (Lipinski definition) is 5. The standard InChI is InChI=1S/C19H19N3O3/c1-21(2)12-5-7-13(8-6-12)22-16(11-20)18-15(19(22)23)9-14(24-3)10-17(18)25-4/h5-10,16H,1-4H3. The van der Waals surface area contributed by atoms with Crippen LogP contribution in [0.25, 0.3) is 0 Å². The van der Waals surface area contributed by atoms with Crippen LogP contribution in [0.2, 0.25) is 0 Å². The van der Waals surface area contributed by atoms with Gasteiger partial charge in [0.15, 0.2) is 6.04 Å². The van der Waals surface area contributed by atoms with Crippen LogP contribution in [0.4, 0.5) is 11.4 Å². The maximum Gasteiger partial charge on any atom is 0.260 e. The van der Waals surface area contributed by atoms with Gasteiger partial charge in [-0.25, -0.2) is 0 Å². The van der Waals surface area contributed by atoms with Crippen LogP contribution in [0.15, 0.2) is 36.4 Å². The Balaban J connectivity index is 2.11. The van der Waals surface area contributed by atoms with E-state index >= 15 is 0 Å². The van der Waals surface area contributed by atoms with Crippen molar-refractivity contribution < 1.29 is 14.3 Å². The summed E-state index contributed by atoms with van der Waals surface area (Å²) in [5.41, 5.74) is 2.69. The number of carbonyl (C=O) groups excluding carboxylic acids is 1. The first-order chi connectivity index (χ1) is 12.0. The van der Waals surface area contributed by atoms with Crippen molar-refractivity contribution in [1.82, 2.24) is 0 Å². The second kappa shape index (κ2) is 6.36. The first-order valence-corrected chi connectivity index (χ1v) is 7.78. The molecule has 1 aliphatic rings. The molecule has 1 heterocycles. The van der Waals surface area contributed by atoms with E-state index in [0.717, 1.165) is 5.69 Å². The SMILES string of the molecule is COc1cc(OC)c2c(c1)C(=O)N(c1ccc(N(C)C)cc1)C2C#N. The van der Waals surface area contributed by atoms with Crippen LogP contribution in [0, 0.1) is 11.3 Å². The van der Waals surface area contributed by atoms with E-state index < -0.39 is 6.04 Å². The molecule has 1 atom stereocenters. The van der Waals surface area contributed by atoms with Gasteiger partial charge < -0.3 is 14.4 Å². The lowest BCUT2D eigenvalue weighted by Crippen LogP contribution is -2.27. The highest BCUT2D eigenvalue weighted by molar-refractivity contribution is 6.12. The molecular weight excluding hydrogens is 318 g/mol. The molecule has 1 amide bonds. The molecule has 0 saturated heterocycles. The van der Waals surface area contributed by atoms with Gasteiger partial charge in [0.2, 0.25) is 0 Å². The Morgan fingerprint density at radius 3 is 2.32 bits per heavy atom. The summed E-state index contributed by atoms with van der Waals surface area (Å²) in [4.78, 5) is 16.4. The molecule has 1 aliphatic heterocycles. The minimum absolute atomic E-state index is 0.239. The number of fused-ring (bicyclic) bond motifs is 1. The fourth-order valence-electron chi connectivity index (χ4n) is 3.02. The molecule has 2 aromatic carbocycles. The molecule has 0 saturated carbocycles. The summed E-state index contributed by atoms with van der Waals surface area (Å²) in [6, 6.07) is 12.3. The summed E-state index contributed by atoms with van der Waals surface area (Å²) in [5, 5.41) is 9.71. The van der Waals surface area contributed by atoms with Gasteiger partial charge in [0, 0.05) is 37.1 Å². The van der Waals surface area contributed by atoms with Gasteiger partial charge in [-0.15, -0.1) is 0 Å². The Morgan fingerprint density at radius 1 is 1.12 bits per heavy atom. The molecule has 0 radical (unpaired) electrons. The number of methoxy groups -OCH3 is 2. The zero-order chi connectivity index (χ0) is 18.1. The molecule has 0 fully saturated rings. The van der Waals surface area contributed by atoms with Crippen LogP contribution in [0.3, 0.4) is 0 Å². The topological polar surface area (TPSA) is 65.8 Å². The average molecular weight is 337 g/mol. The molecule has 25 heavy (non-hydrogen) atoms. The average Bonchev–Trinajstić information content (AvgIpc) is 2.93. The van der Waals surface area contributed by atoms with E-state index in [0.29, 0.717) is 28.3 Å². The molecule has 2 aromatic rings. The van der Waals surface area contributed by atoms with Crippen molar-refractivity contribution in [2.75, 3.05) is 38.1 Å². The Bertz CT molecular complexity index is 853. The summed E-state index contributed by atoms with van der Waals surface area (Å²) in [6.45, 7) is 0. The normalized spacial score (nSPS) is 15.6. The predicted molar refractivity (Wildman–Crippen MR) is 95.5 cm³/mol. The lowest BCUT2D eigenvalue weighted by Gasteiger charge is -2.22. The summed E-state index contributed by atoms with van der Waals surface area (Å²) in [7, 11) is 6.94. The molecule has 6 heteroatoms. The van der Waals surface area contributed by atoms with Crippen LogP contribution in [0.1, 0.15) is 22.0 Å². The Morgan fingerprint density at radius 2 is 1.80 bits per heavy atom. The summed E-state index contributed by atoms with van der Waals surface area (Å²) >= 11 is 0. The Labute approximate surface area is 146 Å². The number of anilines is 2. The highest BCUT2D eigenvalue weighted by Crippen LogP contribution is 2.44. The highest BCUT2D eigenvalue weighted by atomic mass is 16.5. The number of nitriles is 1. The number of ether oxygens (including phenoxy) is 2. The Kier molecular flexibility index (Phi) is 4.24. The summed E-state index contributed by atoms with van der Waals surface area (Å²) in [6.07, 6.45) is 0. The molecule has 0 spiro atoms. The van der Waals surface area contributed by atoms with Crippen LogP contribution in [-0.4, -0.2) is 34.2 Å². The third kappa shape index (κ3) is 2.64. The molecule has 0 N–H and O–H groups in total. The van der Waals surface area contributed by atoms with Crippen molar-refractivity contribution in [3.8, 4) is 17.6 Å². The van der Waals surface area contributed by atoms with Gasteiger partial charge in [0.05, 0.1) is 25.9 Å². The number of carbonyl (C=O) groups is 1. The molecule has 0 aliphatic carbocycles. The quantitative estimate of drug-likeness (QED) is 0.858. The van der Waals surface area contributed by atoms with Gasteiger partial charge >= 0.3 is 0 Å². The Hall–Kier alpha value is -3.20. The van der Waals surface area contributed by atoms with E-state index in [1.165, 1.54) is 19.1 Å². The molecule has 0 bridgehead atoms. The van der Waals surface area contributed by atoms with Crippen molar-refractivity contribution in [3.05, 3.63) is 47.5 Å². The molecule has 6 nitrogen and oxygen atoms in total. The number of nitrogens with zero attached hydrogens (tertiary/aromatic N) is 3. The minimum Gasteiger partial charge on any atom is -0.497 e. The zero-order valence-corrected chi connectivity index (χ0v) is 14.6. The van der Waals surface area contributed by atoms with Crippen molar-refractivity contribution in [3.63, 3.8) is 0 Å². The van der Waals surface area contributed by atoms with Crippen LogP contribution < -0.4 is 19.3 Å². The summed E-state index contributed by atoms with van der Waals surface area (Å²) in [5.74, 6) is 0.753. The van der Waals surface area contributed by atoms with Gasteiger partial charge in [-0.05, 0) is 30.3 Å².